The van der Waals surface area contributed by atoms with Crippen molar-refractivity contribution < 1.29 is 0 Å². The quantitative estimate of drug-likeness (QED) is 0.153. The van der Waals surface area contributed by atoms with Gasteiger partial charge in [-0.2, -0.15) is 0 Å². The van der Waals surface area contributed by atoms with E-state index in [0.29, 0.717) is 11.1 Å². The molecule has 0 bridgehead atoms. The fourth-order valence-corrected chi connectivity index (χ4v) is 9.12. The molecule has 5 heteroatoms. The van der Waals surface area contributed by atoms with Crippen molar-refractivity contribution in [1.29, 1.82) is 10.8 Å². The van der Waals surface area contributed by atoms with Gasteiger partial charge in [-0.1, -0.05) is 116 Å². The van der Waals surface area contributed by atoms with Crippen LogP contribution < -0.4 is 0 Å². The summed E-state index contributed by atoms with van der Waals surface area (Å²) in [5.74, 6) is 0. The number of hydrogen-bond donors (Lipinski definition) is 2. The van der Waals surface area contributed by atoms with E-state index in [0.717, 1.165) is 88.4 Å². The Morgan fingerprint density at radius 1 is 0.368 bits per heavy atom. The lowest BCUT2D eigenvalue weighted by molar-refractivity contribution is 1.09. The molecule has 2 N–H and O–H groups in total. The lowest BCUT2D eigenvalue weighted by Crippen LogP contribution is -2.07. The van der Waals surface area contributed by atoms with E-state index < -0.39 is 0 Å². The Hall–Kier alpha value is -7.76. The molecule has 0 saturated carbocycles. The molecular formula is C52H35N5. The molecule has 0 unspecified atom stereocenters. The van der Waals surface area contributed by atoms with Gasteiger partial charge in [-0.25, -0.2) is 0 Å². The highest BCUT2D eigenvalue weighted by molar-refractivity contribution is 6.14. The Labute approximate surface area is 328 Å². The number of rotatable bonds is 7. The Morgan fingerprint density at radius 3 is 1.30 bits per heavy atom. The fraction of sp³-hybridized carbons (Fsp3) is 0. The molecule has 8 aromatic carbocycles. The standard InChI is InChI=1S/C52H35N5/c1-2-33-13-3-4-14-38(33)34-23-25-49-43(27-34)44-30-37(55-45-19-9-5-15-39(45)40-16-6-10-20-46(40)55)24-26-50(44)57(49)52-29-36(32-54)35(31-53)28-51(52)56-47-21-11-7-17-41(47)42-18-8-12-22-48(42)56/h2-32,53-54H,1H2. The van der Waals surface area contributed by atoms with Crippen LogP contribution in [-0.2, 0) is 0 Å². The maximum Gasteiger partial charge on any atom is 0.0709 e. The maximum atomic E-state index is 8.49. The maximum absolute atomic E-state index is 8.49. The van der Waals surface area contributed by atoms with Gasteiger partial charge in [-0.3, -0.25) is 0 Å². The van der Waals surface area contributed by atoms with Crippen LogP contribution in [0.25, 0.3) is 99.7 Å². The van der Waals surface area contributed by atoms with Gasteiger partial charge < -0.3 is 24.5 Å². The molecule has 0 atom stereocenters. The van der Waals surface area contributed by atoms with Crippen molar-refractivity contribution >= 4 is 83.9 Å². The monoisotopic (exact) mass is 729 g/mol. The molecule has 57 heavy (non-hydrogen) atoms. The minimum absolute atomic E-state index is 0.679. The van der Waals surface area contributed by atoms with Crippen molar-refractivity contribution in [1.82, 2.24) is 13.7 Å². The number of nitrogens with one attached hydrogen (secondary N) is 2. The normalized spacial score (nSPS) is 11.7. The minimum atomic E-state index is 0.679. The first-order valence-electron chi connectivity index (χ1n) is 19.1. The Kier molecular flexibility index (Phi) is 7.25. The van der Waals surface area contributed by atoms with E-state index >= 15 is 0 Å². The zero-order valence-corrected chi connectivity index (χ0v) is 30.9. The highest BCUT2D eigenvalue weighted by Crippen LogP contribution is 2.42. The van der Waals surface area contributed by atoms with Gasteiger partial charge in [0.25, 0.3) is 0 Å². The summed E-state index contributed by atoms with van der Waals surface area (Å²) in [6.07, 6.45) is 4.64. The third-order valence-electron chi connectivity index (χ3n) is 11.6. The molecule has 5 nitrogen and oxygen atoms in total. The second-order valence-corrected chi connectivity index (χ2v) is 14.6. The van der Waals surface area contributed by atoms with Crippen molar-refractivity contribution in [2.24, 2.45) is 0 Å². The highest BCUT2D eigenvalue weighted by atomic mass is 15.1. The average Bonchev–Trinajstić information content (AvgIpc) is 3.91. The highest BCUT2D eigenvalue weighted by Gasteiger charge is 2.22. The van der Waals surface area contributed by atoms with Gasteiger partial charge in [0.05, 0.1) is 44.5 Å². The van der Waals surface area contributed by atoms with E-state index in [4.69, 9.17) is 10.8 Å². The number of aromatic nitrogens is 3. The first-order chi connectivity index (χ1) is 28.2. The van der Waals surface area contributed by atoms with Crippen LogP contribution in [0.15, 0.2) is 176 Å². The largest absolute Gasteiger partial charge is 0.309 e. The van der Waals surface area contributed by atoms with Crippen LogP contribution in [0.5, 0.6) is 0 Å². The van der Waals surface area contributed by atoms with Gasteiger partial charge in [-0.15, -0.1) is 0 Å². The van der Waals surface area contributed by atoms with Gasteiger partial charge in [0.2, 0.25) is 0 Å². The van der Waals surface area contributed by atoms with Crippen LogP contribution in [0.4, 0.5) is 0 Å². The second kappa shape index (κ2) is 12.7. The molecular weight excluding hydrogens is 695 g/mol. The number of para-hydroxylation sites is 4. The van der Waals surface area contributed by atoms with Crippen molar-refractivity contribution in [3.8, 4) is 28.2 Å². The molecule has 11 rings (SSSR count). The molecule has 0 aliphatic rings. The van der Waals surface area contributed by atoms with Crippen LogP contribution in [-0.4, -0.2) is 26.1 Å². The van der Waals surface area contributed by atoms with Gasteiger partial charge in [0.15, 0.2) is 0 Å². The molecule has 0 radical (unpaired) electrons. The summed E-state index contributed by atoms with van der Waals surface area (Å²) in [5.41, 5.74) is 14.2. The molecule has 0 spiro atoms. The smallest absolute Gasteiger partial charge is 0.0709 e. The Morgan fingerprint density at radius 2 is 0.789 bits per heavy atom. The molecule has 3 aromatic heterocycles. The first kappa shape index (κ1) is 32.7. The molecule has 0 saturated heterocycles. The molecule has 0 aliphatic heterocycles. The Bertz CT molecular complexity index is 3370. The Balaban J connectivity index is 1.28. The van der Waals surface area contributed by atoms with E-state index in [-0.39, 0.29) is 0 Å². The van der Waals surface area contributed by atoms with Gasteiger partial charge >= 0.3 is 0 Å². The van der Waals surface area contributed by atoms with Gasteiger partial charge in [0.1, 0.15) is 0 Å². The van der Waals surface area contributed by atoms with Crippen LogP contribution in [0, 0.1) is 10.8 Å². The summed E-state index contributed by atoms with van der Waals surface area (Å²) in [4.78, 5) is 0. The lowest BCUT2D eigenvalue weighted by Gasteiger charge is -2.19. The van der Waals surface area contributed by atoms with Crippen molar-refractivity contribution in [2.45, 2.75) is 0 Å². The molecule has 0 amide bonds. The summed E-state index contributed by atoms with van der Waals surface area (Å²) < 4.78 is 7.04. The molecule has 11 aromatic rings. The lowest BCUT2D eigenvalue weighted by atomic mass is 9.98. The van der Waals surface area contributed by atoms with Crippen LogP contribution >= 0.6 is 0 Å². The third-order valence-corrected chi connectivity index (χ3v) is 11.6. The second-order valence-electron chi connectivity index (χ2n) is 14.6. The summed E-state index contributed by atoms with van der Waals surface area (Å²) in [6, 6.07) is 60.4. The predicted molar refractivity (Wildman–Crippen MR) is 241 cm³/mol. The van der Waals surface area contributed by atoms with E-state index in [9.17, 15) is 0 Å². The van der Waals surface area contributed by atoms with Gasteiger partial charge in [-0.05, 0) is 83.4 Å². The molecule has 0 aliphatic carbocycles. The van der Waals surface area contributed by atoms with Crippen molar-refractivity contribution in [3.63, 3.8) is 0 Å². The van der Waals surface area contributed by atoms with E-state index in [1.165, 1.54) is 23.2 Å². The van der Waals surface area contributed by atoms with Gasteiger partial charge in [0, 0.05) is 61.6 Å². The first-order valence-corrected chi connectivity index (χ1v) is 19.1. The number of benzene rings is 8. The zero-order valence-electron chi connectivity index (χ0n) is 30.9. The summed E-state index contributed by atoms with van der Waals surface area (Å²) in [5, 5.41) is 23.9. The average molecular weight is 730 g/mol. The van der Waals surface area contributed by atoms with Crippen molar-refractivity contribution in [3.05, 3.63) is 193 Å². The molecule has 0 fully saturated rings. The van der Waals surface area contributed by atoms with E-state index in [2.05, 4.69) is 190 Å². The molecule has 268 valence electrons. The molecule has 3 heterocycles. The van der Waals surface area contributed by atoms with Crippen LogP contribution in [0.2, 0.25) is 0 Å². The minimum Gasteiger partial charge on any atom is -0.309 e. The fourth-order valence-electron chi connectivity index (χ4n) is 9.12. The van der Waals surface area contributed by atoms with E-state index in [1.54, 1.807) is 0 Å². The van der Waals surface area contributed by atoms with Crippen LogP contribution in [0.1, 0.15) is 16.7 Å². The number of hydrogen-bond acceptors (Lipinski definition) is 2. The number of nitrogens with zero attached hydrogens (tertiary/aromatic N) is 3. The van der Waals surface area contributed by atoms with E-state index in [1.807, 2.05) is 6.08 Å². The predicted octanol–water partition coefficient (Wildman–Crippen LogP) is 13.3. The third kappa shape index (κ3) is 4.76. The summed E-state index contributed by atoms with van der Waals surface area (Å²) >= 11 is 0. The zero-order chi connectivity index (χ0) is 38.2. The SMILES string of the molecule is C=Cc1ccccc1-c1ccc2c(c1)c1cc(-n3c4ccccc4c4ccccc43)ccc1n2-c1cc(C=N)c(C=N)cc1-n1c2ccccc2c2ccccc21. The summed E-state index contributed by atoms with van der Waals surface area (Å²) in [6.45, 7) is 4.13. The summed E-state index contributed by atoms with van der Waals surface area (Å²) in [7, 11) is 0. The van der Waals surface area contributed by atoms with Crippen LogP contribution in [0.3, 0.4) is 0 Å². The number of fused-ring (bicyclic) bond motifs is 9. The van der Waals surface area contributed by atoms with Crippen molar-refractivity contribution in [2.75, 3.05) is 0 Å². The topological polar surface area (TPSA) is 62.5 Å².